The lowest BCUT2D eigenvalue weighted by Gasteiger charge is -1.97. The minimum Gasteiger partial charge on any atom is -0.293 e. The van der Waals surface area contributed by atoms with Crippen LogP contribution in [0.4, 0.5) is 0 Å². The molecule has 2 rings (SSSR count). The molecule has 0 atom stereocenters. The third-order valence-electron chi connectivity index (χ3n) is 1.45. The average Bonchev–Trinajstić information content (AvgIpc) is 2.45. The first-order valence-electron chi connectivity index (χ1n) is 3.06. The fourth-order valence-electron chi connectivity index (χ4n) is 0.949. The standard InChI is InChI=1S/C7H4BrIN2/c8-6-2-1-5(9)7-10-3-4-11(6)7/h1-4H. The van der Waals surface area contributed by atoms with E-state index in [9.17, 15) is 0 Å². The summed E-state index contributed by atoms with van der Waals surface area (Å²) in [6.45, 7) is 0. The Labute approximate surface area is 85.9 Å². The lowest BCUT2D eigenvalue weighted by atomic mass is 10.5. The van der Waals surface area contributed by atoms with E-state index in [-0.39, 0.29) is 0 Å². The molecule has 56 valence electrons. The van der Waals surface area contributed by atoms with Gasteiger partial charge in [-0.1, -0.05) is 0 Å². The fourth-order valence-corrected chi connectivity index (χ4v) is 1.95. The van der Waals surface area contributed by atoms with Gasteiger partial charge in [0.15, 0.2) is 5.65 Å². The number of imidazole rings is 1. The molecule has 2 aromatic rings. The van der Waals surface area contributed by atoms with Crippen LogP contribution < -0.4 is 0 Å². The minimum absolute atomic E-state index is 1.000. The summed E-state index contributed by atoms with van der Waals surface area (Å²) >= 11 is 5.70. The molecule has 0 fully saturated rings. The number of rotatable bonds is 0. The van der Waals surface area contributed by atoms with E-state index in [1.807, 2.05) is 22.7 Å². The van der Waals surface area contributed by atoms with Crippen molar-refractivity contribution in [2.24, 2.45) is 0 Å². The van der Waals surface area contributed by atoms with Crippen LogP contribution in [0.1, 0.15) is 0 Å². The van der Waals surface area contributed by atoms with Crippen molar-refractivity contribution in [3.05, 3.63) is 32.7 Å². The van der Waals surface area contributed by atoms with Crippen LogP contribution >= 0.6 is 38.5 Å². The van der Waals surface area contributed by atoms with E-state index in [1.54, 1.807) is 6.20 Å². The molecule has 2 heterocycles. The highest BCUT2D eigenvalue weighted by Crippen LogP contribution is 2.17. The normalized spacial score (nSPS) is 10.7. The van der Waals surface area contributed by atoms with Crippen molar-refractivity contribution in [1.82, 2.24) is 9.38 Å². The Bertz CT molecular complexity index is 360. The molecule has 2 aromatic heterocycles. The van der Waals surface area contributed by atoms with Crippen molar-refractivity contribution in [1.29, 1.82) is 0 Å². The number of hydrogen-bond acceptors (Lipinski definition) is 1. The molecule has 11 heavy (non-hydrogen) atoms. The molecule has 0 N–H and O–H groups in total. The summed E-state index contributed by atoms with van der Waals surface area (Å²) in [7, 11) is 0. The molecule has 4 heteroatoms. The van der Waals surface area contributed by atoms with E-state index in [4.69, 9.17) is 0 Å². The Morgan fingerprint density at radius 2 is 2.27 bits per heavy atom. The molecule has 0 saturated heterocycles. The van der Waals surface area contributed by atoms with Gasteiger partial charge in [0.05, 0.1) is 8.17 Å². The minimum atomic E-state index is 1.000. The molecule has 0 radical (unpaired) electrons. The molecule has 0 bridgehead atoms. The van der Waals surface area contributed by atoms with Crippen LogP contribution in [0.15, 0.2) is 29.1 Å². The van der Waals surface area contributed by atoms with Crippen LogP contribution in [-0.2, 0) is 0 Å². The molecular formula is C7H4BrIN2. The maximum atomic E-state index is 4.20. The van der Waals surface area contributed by atoms with Crippen molar-refractivity contribution in [2.75, 3.05) is 0 Å². The van der Waals surface area contributed by atoms with Gasteiger partial charge < -0.3 is 0 Å². The highest BCUT2D eigenvalue weighted by atomic mass is 127. The third-order valence-corrected chi connectivity index (χ3v) is 2.94. The van der Waals surface area contributed by atoms with Crippen molar-refractivity contribution >= 4 is 44.2 Å². The quantitative estimate of drug-likeness (QED) is 0.538. The Balaban J connectivity index is 2.96. The van der Waals surface area contributed by atoms with Crippen LogP contribution in [0.25, 0.3) is 5.65 Å². The molecule has 0 spiro atoms. The van der Waals surface area contributed by atoms with E-state index < -0.39 is 0 Å². The van der Waals surface area contributed by atoms with Crippen LogP contribution in [0.5, 0.6) is 0 Å². The molecule has 0 unspecified atom stereocenters. The SMILES string of the molecule is Brc1ccc(I)c2nccn12. The first-order chi connectivity index (χ1) is 5.29. The molecule has 0 saturated carbocycles. The summed E-state index contributed by atoms with van der Waals surface area (Å²) in [6.07, 6.45) is 3.73. The van der Waals surface area contributed by atoms with Crippen LogP contribution in [0.2, 0.25) is 0 Å². The molecular weight excluding hydrogens is 319 g/mol. The smallest absolute Gasteiger partial charge is 0.151 e. The molecule has 0 aliphatic rings. The van der Waals surface area contributed by atoms with Crippen molar-refractivity contribution < 1.29 is 0 Å². The summed E-state index contributed by atoms with van der Waals surface area (Å²) in [6, 6.07) is 4.05. The summed E-state index contributed by atoms with van der Waals surface area (Å²) < 4.78 is 4.20. The first-order valence-corrected chi connectivity index (χ1v) is 4.93. The van der Waals surface area contributed by atoms with E-state index in [0.29, 0.717) is 0 Å². The van der Waals surface area contributed by atoms with E-state index in [1.165, 1.54) is 0 Å². The van der Waals surface area contributed by atoms with Crippen LogP contribution in [0.3, 0.4) is 0 Å². The highest BCUT2D eigenvalue weighted by molar-refractivity contribution is 14.1. The number of nitrogens with zero attached hydrogens (tertiary/aromatic N) is 2. The molecule has 0 aliphatic heterocycles. The second-order valence-corrected chi connectivity index (χ2v) is 4.10. The first kappa shape index (κ1) is 7.54. The zero-order valence-electron chi connectivity index (χ0n) is 5.46. The van der Waals surface area contributed by atoms with Crippen molar-refractivity contribution in [2.45, 2.75) is 0 Å². The second-order valence-electron chi connectivity index (χ2n) is 2.12. The van der Waals surface area contributed by atoms with E-state index in [0.717, 1.165) is 13.8 Å². The van der Waals surface area contributed by atoms with E-state index in [2.05, 4.69) is 43.5 Å². The number of aromatic nitrogens is 2. The number of fused-ring (bicyclic) bond motifs is 1. The van der Waals surface area contributed by atoms with Gasteiger partial charge in [-0.05, 0) is 50.7 Å². The lowest BCUT2D eigenvalue weighted by molar-refractivity contribution is 1.13. The van der Waals surface area contributed by atoms with Gasteiger partial charge in [-0.3, -0.25) is 4.40 Å². The monoisotopic (exact) mass is 322 g/mol. The maximum absolute atomic E-state index is 4.20. The molecule has 0 aromatic carbocycles. The molecule has 2 nitrogen and oxygen atoms in total. The zero-order chi connectivity index (χ0) is 7.84. The van der Waals surface area contributed by atoms with Crippen LogP contribution in [0, 0.1) is 3.57 Å². The fraction of sp³-hybridized carbons (Fsp3) is 0. The van der Waals surface area contributed by atoms with Gasteiger partial charge in [-0.25, -0.2) is 4.98 Å². The van der Waals surface area contributed by atoms with Gasteiger partial charge >= 0.3 is 0 Å². The summed E-state index contributed by atoms with van der Waals surface area (Å²) in [5.74, 6) is 0. The predicted octanol–water partition coefficient (Wildman–Crippen LogP) is 2.70. The summed E-state index contributed by atoms with van der Waals surface area (Å²) in [5.41, 5.74) is 1.000. The summed E-state index contributed by atoms with van der Waals surface area (Å²) in [5, 5.41) is 0. The Hall–Kier alpha value is -0.100. The van der Waals surface area contributed by atoms with Gasteiger partial charge in [0, 0.05) is 12.4 Å². The topological polar surface area (TPSA) is 17.3 Å². The van der Waals surface area contributed by atoms with E-state index >= 15 is 0 Å². The molecule has 0 aliphatic carbocycles. The maximum Gasteiger partial charge on any atom is 0.151 e. The predicted molar refractivity (Wildman–Crippen MR) is 55.6 cm³/mol. The van der Waals surface area contributed by atoms with Gasteiger partial charge in [0.2, 0.25) is 0 Å². The Morgan fingerprint density at radius 3 is 3.00 bits per heavy atom. The largest absolute Gasteiger partial charge is 0.293 e. The third kappa shape index (κ3) is 1.18. The molecule has 0 amide bonds. The zero-order valence-corrected chi connectivity index (χ0v) is 9.20. The number of halogens is 2. The van der Waals surface area contributed by atoms with Gasteiger partial charge in [0.25, 0.3) is 0 Å². The van der Waals surface area contributed by atoms with Gasteiger partial charge in [-0.15, -0.1) is 0 Å². The Kier molecular flexibility index (Phi) is 1.88. The number of pyridine rings is 1. The average molecular weight is 323 g/mol. The van der Waals surface area contributed by atoms with Crippen molar-refractivity contribution in [3.8, 4) is 0 Å². The Morgan fingerprint density at radius 1 is 1.45 bits per heavy atom. The summed E-state index contributed by atoms with van der Waals surface area (Å²) in [4.78, 5) is 4.20. The van der Waals surface area contributed by atoms with Crippen LogP contribution in [-0.4, -0.2) is 9.38 Å². The van der Waals surface area contributed by atoms with Gasteiger partial charge in [-0.2, -0.15) is 0 Å². The highest BCUT2D eigenvalue weighted by Gasteiger charge is 2.00. The van der Waals surface area contributed by atoms with Gasteiger partial charge in [0.1, 0.15) is 0 Å². The lowest BCUT2D eigenvalue weighted by Crippen LogP contribution is -1.87. The van der Waals surface area contributed by atoms with Crippen molar-refractivity contribution in [3.63, 3.8) is 0 Å². The second kappa shape index (κ2) is 2.75. The number of hydrogen-bond donors (Lipinski definition) is 0.